The summed E-state index contributed by atoms with van der Waals surface area (Å²) in [6.45, 7) is 6.40. The number of thiophene rings is 1. The summed E-state index contributed by atoms with van der Waals surface area (Å²) >= 11 is 1.59. The van der Waals surface area contributed by atoms with Crippen LogP contribution in [-0.2, 0) is 11.2 Å². The monoisotopic (exact) mass is 377 g/mol. The van der Waals surface area contributed by atoms with Crippen LogP contribution in [0.15, 0.2) is 21.9 Å². The van der Waals surface area contributed by atoms with E-state index in [0.29, 0.717) is 12.3 Å². The van der Waals surface area contributed by atoms with Crippen LogP contribution < -0.4 is 5.32 Å². The van der Waals surface area contributed by atoms with Crippen molar-refractivity contribution in [2.24, 2.45) is 0 Å². The first-order valence-corrected chi connectivity index (χ1v) is 8.03. The van der Waals surface area contributed by atoms with E-state index in [4.69, 9.17) is 4.42 Å². The summed E-state index contributed by atoms with van der Waals surface area (Å²) in [4.78, 5) is 19.9. The van der Waals surface area contributed by atoms with E-state index in [0.717, 1.165) is 36.0 Å². The van der Waals surface area contributed by atoms with Crippen molar-refractivity contribution in [3.8, 4) is 10.8 Å². The molecule has 0 bridgehead atoms. The molecule has 0 unspecified atom stereocenters. The Morgan fingerprint density at radius 2 is 2.30 bits per heavy atom. The summed E-state index contributed by atoms with van der Waals surface area (Å²) in [6, 6.07) is 4.17. The highest BCUT2D eigenvalue weighted by molar-refractivity contribution is 7.13. The predicted molar refractivity (Wildman–Crippen MR) is 96.8 cm³/mol. The molecule has 1 N–H and O–H groups in total. The van der Waals surface area contributed by atoms with Gasteiger partial charge in [0, 0.05) is 25.7 Å². The van der Waals surface area contributed by atoms with Crippen molar-refractivity contribution < 1.29 is 9.21 Å². The van der Waals surface area contributed by atoms with Crippen molar-refractivity contribution in [3.63, 3.8) is 0 Å². The Balaban J connectivity index is 0.00000132. The molecule has 0 spiro atoms. The minimum absolute atomic E-state index is 0. The van der Waals surface area contributed by atoms with Crippen molar-refractivity contribution in [1.29, 1.82) is 0 Å². The highest BCUT2D eigenvalue weighted by Crippen LogP contribution is 2.26. The van der Waals surface area contributed by atoms with Crippen LogP contribution in [0.5, 0.6) is 0 Å². The van der Waals surface area contributed by atoms with Gasteiger partial charge in [-0.2, -0.15) is 0 Å². The number of oxazole rings is 1. The second-order valence-corrected chi connectivity index (χ2v) is 6.26. The normalized spacial score (nSPS) is 17.3. The first-order valence-electron chi connectivity index (χ1n) is 7.15. The summed E-state index contributed by atoms with van der Waals surface area (Å²) in [5.41, 5.74) is 0.745. The van der Waals surface area contributed by atoms with Crippen molar-refractivity contribution in [2.45, 2.75) is 26.3 Å². The highest BCUT2D eigenvalue weighted by atomic mass is 35.5. The number of amides is 1. The molecular formula is C15H21Cl2N3O2S. The summed E-state index contributed by atoms with van der Waals surface area (Å²) in [7, 11) is 0. The van der Waals surface area contributed by atoms with E-state index in [2.05, 4.69) is 17.2 Å². The lowest BCUT2D eigenvalue weighted by atomic mass is 10.1. The quantitative estimate of drug-likeness (QED) is 0.892. The number of nitrogens with one attached hydrogen (secondary N) is 1. The fraction of sp³-hybridized carbons (Fsp3) is 0.467. The van der Waals surface area contributed by atoms with Crippen LogP contribution >= 0.6 is 36.2 Å². The molecule has 0 aliphatic carbocycles. The van der Waals surface area contributed by atoms with Crippen LogP contribution in [0.3, 0.4) is 0 Å². The SMILES string of the molecule is Cc1oc(-c2cccs2)nc1CC(=O)N1CCNC[C@@H]1C.Cl.Cl. The fourth-order valence-corrected chi connectivity index (χ4v) is 3.20. The number of rotatable bonds is 3. The van der Waals surface area contributed by atoms with Gasteiger partial charge in [-0.1, -0.05) is 6.07 Å². The minimum Gasteiger partial charge on any atom is -0.440 e. The Hall–Kier alpha value is -1.08. The van der Waals surface area contributed by atoms with Gasteiger partial charge in [-0.05, 0) is 25.3 Å². The fourth-order valence-electron chi connectivity index (χ4n) is 2.55. The second-order valence-electron chi connectivity index (χ2n) is 5.32. The summed E-state index contributed by atoms with van der Waals surface area (Å²) < 4.78 is 5.69. The van der Waals surface area contributed by atoms with Crippen LogP contribution in [0.1, 0.15) is 18.4 Å². The second kappa shape index (κ2) is 8.68. The van der Waals surface area contributed by atoms with Crippen molar-refractivity contribution in [3.05, 3.63) is 29.0 Å². The molecule has 23 heavy (non-hydrogen) atoms. The number of hydrogen-bond acceptors (Lipinski definition) is 5. The molecule has 3 rings (SSSR count). The predicted octanol–water partition coefficient (Wildman–Crippen LogP) is 2.92. The molecule has 1 saturated heterocycles. The van der Waals surface area contributed by atoms with E-state index < -0.39 is 0 Å². The smallest absolute Gasteiger partial charge is 0.236 e. The number of halogens is 2. The molecule has 2 aromatic heterocycles. The standard InChI is InChI=1S/C15H19N3O2S.2ClH/c1-10-9-16-5-6-18(10)14(19)8-12-11(2)20-15(17-12)13-4-3-7-21-13;;/h3-4,7,10,16H,5-6,8-9H2,1-2H3;2*1H/t10-;;/m0../s1. The molecule has 0 saturated carbocycles. The number of carbonyl (C=O) groups excluding carboxylic acids is 1. The van der Waals surface area contributed by atoms with Gasteiger partial charge < -0.3 is 14.6 Å². The average molecular weight is 378 g/mol. The van der Waals surface area contributed by atoms with E-state index >= 15 is 0 Å². The summed E-state index contributed by atoms with van der Waals surface area (Å²) in [6.07, 6.45) is 0.311. The Bertz CT molecular complexity index is 631. The molecular weight excluding hydrogens is 357 g/mol. The van der Waals surface area contributed by atoms with E-state index in [-0.39, 0.29) is 36.8 Å². The maximum Gasteiger partial charge on any atom is 0.236 e. The van der Waals surface area contributed by atoms with E-state index in [1.807, 2.05) is 29.3 Å². The number of carbonyl (C=O) groups is 1. The third-order valence-electron chi connectivity index (χ3n) is 3.76. The van der Waals surface area contributed by atoms with Crippen LogP contribution in [0.25, 0.3) is 10.8 Å². The lowest BCUT2D eigenvalue weighted by molar-refractivity contribution is -0.133. The van der Waals surface area contributed by atoms with Gasteiger partial charge in [0.15, 0.2) is 0 Å². The zero-order chi connectivity index (χ0) is 14.8. The third kappa shape index (κ3) is 4.47. The van der Waals surface area contributed by atoms with E-state index in [1.165, 1.54) is 0 Å². The lowest BCUT2D eigenvalue weighted by Gasteiger charge is -2.33. The van der Waals surface area contributed by atoms with Gasteiger partial charge in [0.25, 0.3) is 0 Å². The average Bonchev–Trinajstić information content (AvgIpc) is 3.10. The molecule has 2 aromatic rings. The zero-order valence-corrected chi connectivity index (χ0v) is 15.5. The Labute approximate surface area is 152 Å². The topological polar surface area (TPSA) is 58.4 Å². The molecule has 1 aliphatic rings. The molecule has 0 aromatic carbocycles. The van der Waals surface area contributed by atoms with Crippen LogP contribution in [0, 0.1) is 6.92 Å². The van der Waals surface area contributed by atoms with Crippen LogP contribution in [-0.4, -0.2) is 41.5 Å². The molecule has 128 valence electrons. The minimum atomic E-state index is 0. The van der Waals surface area contributed by atoms with Crippen molar-refractivity contribution in [1.82, 2.24) is 15.2 Å². The van der Waals surface area contributed by atoms with Crippen molar-refractivity contribution in [2.75, 3.05) is 19.6 Å². The molecule has 8 heteroatoms. The first kappa shape index (κ1) is 20.0. The number of aryl methyl sites for hydroxylation is 1. The lowest BCUT2D eigenvalue weighted by Crippen LogP contribution is -2.52. The number of aromatic nitrogens is 1. The van der Waals surface area contributed by atoms with Gasteiger partial charge in [0.2, 0.25) is 11.8 Å². The van der Waals surface area contributed by atoms with Crippen LogP contribution in [0.2, 0.25) is 0 Å². The molecule has 1 fully saturated rings. The first-order chi connectivity index (χ1) is 10.1. The number of hydrogen-bond donors (Lipinski definition) is 1. The molecule has 0 radical (unpaired) electrons. The van der Waals surface area contributed by atoms with E-state index in [1.54, 1.807) is 11.3 Å². The van der Waals surface area contributed by atoms with Gasteiger partial charge >= 0.3 is 0 Å². The van der Waals surface area contributed by atoms with Crippen LogP contribution in [0.4, 0.5) is 0 Å². The molecule has 3 heterocycles. The Kier molecular flexibility index (Phi) is 7.54. The maximum atomic E-state index is 12.4. The maximum absolute atomic E-state index is 12.4. The number of piperazine rings is 1. The van der Waals surface area contributed by atoms with Gasteiger partial charge in [-0.25, -0.2) is 4.98 Å². The number of nitrogens with zero attached hydrogens (tertiary/aromatic N) is 2. The largest absolute Gasteiger partial charge is 0.440 e. The third-order valence-corrected chi connectivity index (χ3v) is 4.62. The zero-order valence-electron chi connectivity index (χ0n) is 13.1. The highest BCUT2D eigenvalue weighted by Gasteiger charge is 2.25. The van der Waals surface area contributed by atoms with Gasteiger partial charge in [0.05, 0.1) is 17.0 Å². The molecule has 1 atom stereocenters. The van der Waals surface area contributed by atoms with Gasteiger partial charge in [0.1, 0.15) is 5.76 Å². The summed E-state index contributed by atoms with van der Waals surface area (Å²) in [5, 5.41) is 5.28. The molecule has 5 nitrogen and oxygen atoms in total. The van der Waals surface area contributed by atoms with Crippen molar-refractivity contribution >= 4 is 42.1 Å². The summed E-state index contributed by atoms with van der Waals surface area (Å²) in [5.74, 6) is 1.46. The Morgan fingerprint density at radius 1 is 1.52 bits per heavy atom. The van der Waals surface area contributed by atoms with Gasteiger partial charge in [-0.3, -0.25) is 4.79 Å². The molecule has 1 aliphatic heterocycles. The molecule has 1 amide bonds. The Morgan fingerprint density at radius 3 is 2.96 bits per heavy atom. The van der Waals surface area contributed by atoms with E-state index in [9.17, 15) is 4.79 Å². The van der Waals surface area contributed by atoms with Gasteiger partial charge in [-0.15, -0.1) is 36.2 Å².